The molecule has 1 saturated heterocycles. The van der Waals surface area contributed by atoms with Crippen LogP contribution in [0.5, 0.6) is 11.5 Å². The summed E-state index contributed by atoms with van der Waals surface area (Å²) in [6.07, 6.45) is 2.90. The molecule has 0 saturated carbocycles. The molecule has 0 aromatic heterocycles. The van der Waals surface area contributed by atoms with Crippen molar-refractivity contribution in [3.05, 3.63) is 18.2 Å². The van der Waals surface area contributed by atoms with Gasteiger partial charge in [-0.25, -0.2) is 0 Å². The van der Waals surface area contributed by atoms with Gasteiger partial charge in [0.2, 0.25) is 0 Å². The van der Waals surface area contributed by atoms with Crippen LogP contribution in [0.15, 0.2) is 18.2 Å². The summed E-state index contributed by atoms with van der Waals surface area (Å²) in [5, 5.41) is 9.00. The second-order valence-corrected chi connectivity index (χ2v) is 5.67. The molecule has 1 heterocycles. The fourth-order valence-electron chi connectivity index (χ4n) is 3.07. The summed E-state index contributed by atoms with van der Waals surface area (Å²) in [6.45, 7) is 2.08. The Kier molecular flexibility index (Phi) is 5.70. The highest BCUT2D eigenvalue weighted by Gasteiger charge is 2.25. The third-order valence-electron chi connectivity index (χ3n) is 4.07. The summed E-state index contributed by atoms with van der Waals surface area (Å²) in [6, 6.07) is 6.15. The van der Waals surface area contributed by atoms with Crippen molar-refractivity contribution in [2.45, 2.75) is 25.3 Å². The SMILES string of the molecule is COc1ccc(N2CC(N)CC(CCCO)C2)cc1OC. The van der Waals surface area contributed by atoms with E-state index < -0.39 is 0 Å². The summed E-state index contributed by atoms with van der Waals surface area (Å²) < 4.78 is 10.6. The molecule has 0 bridgehead atoms. The quantitative estimate of drug-likeness (QED) is 0.834. The van der Waals surface area contributed by atoms with Gasteiger partial charge >= 0.3 is 0 Å². The second-order valence-electron chi connectivity index (χ2n) is 5.67. The first kappa shape index (κ1) is 15.9. The van der Waals surface area contributed by atoms with Gasteiger partial charge in [0.15, 0.2) is 11.5 Å². The number of anilines is 1. The fraction of sp³-hybridized carbons (Fsp3) is 0.625. The highest BCUT2D eigenvalue weighted by molar-refractivity contribution is 5.56. The third kappa shape index (κ3) is 4.02. The standard InChI is InChI=1S/C16H26N2O3/c1-20-15-6-5-14(9-16(15)21-2)18-10-12(4-3-7-19)8-13(17)11-18/h5-6,9,12-13,19H,3-4,7-8,10-11,17H2,1-2H3. The molecule has 118 valence electrons. The van der Waals surface area contributed by atoms with Crippen LogP contribution in [0.1, 0.15) is 19.3 Å². The van der Waals surface area contributed by atoms with Gasteiger partial charge in [0.25, 0.3) is 0 Å². The number of hydrogen-bond donors (Lipinski definition) is 2. The Hall–Kier alpha value is -1.46. The fourth-order valence-corrected chi connectivity index (χ4v) is 3.07. The number of ether oxygens (including phenoxy) is 2. The minimum atomic E-state index is 0.176. The zero-order chi connectivity index (χ0) is 15.2. The van der Waals surface area contributed by atoms with Crippen LogP contribution < -0.4 is 20.1 Å². The molecule has 1 aromatic carbocycles. The first-order valence-electron chi connectivity index (χ1n) is 7.51. The molecule has 1 aliphatic rings. The van der Waals surface area contributed by atoms with Crippen LogP contribution in [0.3, 0.4) is 0 Å². The van der Waals surface area contributed by atoms with Crippen LogP contribution in [-0.4, -0.2) is 45.1 Å². The van der Waals surface area contributed by atoms with Crippen molar-refractivity contribution >= 4 is 5.69 Å². The van der Waals surface area contributed by atoms with Crippen molar-refractivity contribution in [2.24, 2.45) is 11.7 Å². The van der Waals surface area contributed by atoms with Gasteiger partial charge in [0, 0.05) is 37.5 Å². The average molecular weight is 294 g/mol. The molecule has 3 N–H and O–H groups in total. The Balaban J connectivity index is 2.12. The number of nitrogens with two attached hydrogens (primary N) is 1. The molecule has 5 nitrogen and oxygen atoms in total. The van der Waals surface area contributed by atoms with Crippen LogP contribution in [0, 0.1) is 5.92 Å². The van der Waals surface area contributed by atoms with E-state index in [-0.39, 0.29) is 12.6 Å². The van der Waals surface area contributed by atoms with E-state index in [2.05, 4.69) is 4.90 Å². The van der Waals surface area contributed by atoms with Gasteiger partial charge < -0.3 is 25.2 Å². The van der Waals surface area contributed by atoms with E-state index in [1.807, 2.05) is 18.2 Å². The molecule has 2 atom stereocenters. The summed E-state index contributed by atoms with van der Waals surface area (Å²) in [5.74, 6) is 2.01. The zero-order valence-corrected chi connectivity index (χ0v) is 12.9. The van der Waals surface area contributed by atoms with Gasteiger partial charge in [-0.3, -0.25) is 0 Å². The lowest BCUT2D eigenvalue weighted by atomic mass is 9.90. The smallest absolute Gasteiger partial charge is 0.162 e. The van der Waals surface area contributed by atoms with Crippen molar-refractivity contribution < 1.29 is 14.6 Å². The van der Waals surface area contributed by atoms with Crippen LogP contribution in [0.25, 0.3) is 0 Å². The molecule has 1 aliphatic heterocycles. The molecule has 0 radical (unpaired) electrons. The monoisotopic (exact) mass is 294 g/mol. The summed E-state index contributed by atoms with van der Waals surface area (Å²) in [5.41, 5.74) is 7.30. The van der Waals surface area contributed by atoms with Gasteiger partial charge in [-0.1, -0.05) is 0 Å². The first-order valence-corrected chi connectivity index (χ1v) is 7.51. The van der Waals surface area contributed by atoms with Gasteiger partial charge in [-0.15, -0.1) is 0 Å². The molecule has 0 aliphatic carbocycles. The maximum absolute atomic E-state index is 9.00. The van der Waals surface area contributed by atoms with Gasteiger partial charge in [0.05, 0.1) is 14.2 Å². The molecule has 1 fully saturated rings. The van der Waals surface area contributed by atoms with Crippen LogP contribution >= 0.6 is 0 Å². The van der Waals surface area contributed by atoms with Gasteiger partial charge in [-0.2, -0.15) is 0 Å². The van der Waals surface area contributed by atoms with Gasteiger partial charge in [0.1, 0.15) is 0 Å². The zero-order valence-electron chi connectivity index (χ0n) is 12.9. The topological polar surface area (TPSA) is 68.0 Å². The lowest BCUT2D eigenvalue weighted by molar-refractivity contribution is 0.259. The van der Waals surface area contributed by atoms with E-state index in [4.69, 9.17) is 20.3 Å². The minimum Gasteiger partial charge on any atom is -0.493 e. The maximum Gasteiger partial charge on any atom is 0.162 e. The predicted molar refractivity (Wildman–Crippen MR) is 84.2 cm³/mol. The molecular weight excluding hydrogens is 268 g/mol. The summed E-state index contributed by atoms with van der Waals surface area (Å²) in [4.78, 5) is 2.30. The molecule has 0 spiro atoms. The van der Waals surface area contributed by atoms with E-state index in [0.717, 1.165) is 49.5 Å². The molecule has 2 rings (SSSR count). The van der Waals surface area contributed by atoms with E-state index in [1.165, 1.54) is 0 Å². The minimum absolute atomic E-state index is 0.176. The molecule has 1 aromatic rings. The molecular formula is C16H26N2O3. The Labute approximate surface area is 126 Å². The molecule has 5 heteroatoms. The number of piperidine rings is 1. The van der Waals surface area contributed by atoms with E-state index >= 15 is 0 Å². The molecule has 2 unspecified atom stereocenters. The van der Waals surface area contributed by atoms with E-state index in [9.17, 15) is 0 Å². The Morgan fingerprint density at radius 3 is 2.67 bits per heavy atom. The van der Waals surface area contributed by atoms with Crippen LogP contribution in [0.2, 0.25) is 0 Å². The maximum atomic E-state index is 9.00. The number of rotatable bonds is 6. The highest BCUT2D eigenvalue weighted by Crippen LogP contribution is 2.33. The van der Waals surface area contributed by atoms with Crippen molar-refractivity contribution in [3.8, 4) is 11.5 Å². The number of nitrogens with zero attached hydrogens (tertiary/aromatic N) is 1. The largest absolute Gasteiger partial charge is 0.493 e. The summed E-state index contributed by atoms with van der Waals surface area (Å²) >= 11 is 0. The lowest BCUT2D eigenvalue weighted by Crippen LogP contribution is -2.47. The molecule has 0 amide bonds. The van der Waals surface area contributed by atoms with Crippen LogP contribution in [-0.2, 0) is 0 Å². The average Bonchev–Trinajstić information content (AvgIpc) is 2.51. The third-order valence-corrected chi connectivity index (χ3v) is 4.07. The van der Waals surface area contributed by atoms with Crippen molar-refractivity contribution in [1.29, 1.82) is 0 Å². The number of benzene rings is 1. The molecule has 21 heavy (non-hydrogen) atoms. The number of aliphatic hydroxyl groups is 1. The Morgan fingerprint density at radius 1 is 1.24 bits per heavy atom. The van der Waals surface area contributed by atoms with E-state index in [0.29, 0.717) is 5.92 Å². The Morgan fingerprint density at radius 2 is 2.00 bits per heavy atom. The van der Waals surface area contributed by atoms with E-state index in [1.54, 1.807) is 14.2 Å². The van der Waals surface area contributed by atoms with Crippen molar-refractivity contribution in [1.82, 2.24) is 0 Å². The highest BCUT2D eigenvalue weighted by atomic mass is 16.5. The number of hydrogen-bond acceptors (Lipinski definition) is 5. The summed E-state index contributed by atoms with van der Waals surface area (Å²) in [7, 11) is 3.28. The normalized spacial score (nSPS) is 22.2. The number of methoxy groups -OCH3 is 2. The number of aliphatic hydroxyl groups excluding tert-OH is 1. The Bertz CT molecular complexity index is 453. The van der Waals surface area contributed by atoms with Crippen molar-refractivity contribution in [2.75, 3.05) is 38.8 Å². The lowest BCUT2D eigenvalue weighted by Gasteiger charge is -2.38. The second kappa shape index (κ2) is 7.52. The van der Waals surface area contributed by atoms with Gasteiger partial charge in [-0.05, 0) is 37.3 Å². The van der Waals surface area contributed by atoms with Crippen LogP contribution in [0.4, 0.5) is 5.69 Å². The first-order chi connectivity index (χ1) is 10.2. The predicted octanol–water partition coefficient (Wildman–Crippen LogP) is 1.63. The van der Waals surface area contributed by atoms with Crippen molar-refractivity contribution in [3.63, 3.8) is 0 Å².